The summed E-state index contributed by atoms with van der Waals surface area (Å²) >= 11 is 0. The third-order valence-corrected chi connectivity index (χ3v) is 5.85. The topological polar surface area (TPSA) is 58.6 Å². The van der Waals surface area contributed by atoms with Crippen molar-refractivity contribution in [1.82, 2.24) is 10.2 Å². The summed E-state index contributed by atoms with van der Waals surface area (Å²) < 4.78 is 19.2. The van der Waals surface area contributed by atoms with Gasteiger partial charge in [-0.1, -0.05) is 48.5 Å². The Morgan fingerprint density at radius 2 is 1.78 bits per heavy atom. The Morgan fingerprint density at radius 3 is 2.53 bits per heavy atom. The molecule has 0 unspecified atom stereocenters. The molecule has 0 saturated carbocycles. The fraction of sp³-hybridized carbons (Fsp3) is 0.231. The highest BCUT2D eigenvalue weighted by Gasteiger charge is 2.40. The molecule has 2 atom stereocenters. The molecule has 1 N–H and O–H groups in total. The van der Waals surface area contributed by atoms with Crippen molar-refractivity contribution in [3.63, 3.8) is 0 Å². The van der Waals surface area contributed by atoms with Crippen LogP contribution in [0.2, 0.25) is 0 Å². The molecule has 32 heavy (non-hydrogen) atoms. The molecule has 1 saturated heterocycles. The molecule has 1 aliphatic heterocycles. The molecule has 0 spiro atoms. The first-order chi connectivity index (χ1) is 15.5. The highest BCUT2D eigenvalue weighted by Crippen LogP contribution is 2.34. The first-order valence-corrected chi connectivity index (χ1v) is 10.6. The molecule has 1 fully saturated rings. The standard InChI is InChI=1S/C26H25FN2O3/c1-32-22-12-6-10-20(14-22)26(31)29-16-23(19-9-5-11-21(27)13-19)24(17-29)25(30)28-15-18-7-3-2-4-8-18/h2-14,23-24H,15-17H2,1H3,(H,28,30)/t23-,24+/m0/s1. The lowest BCUT2D eigenvalue weighted by Crippen LogP contribution is -2.35. The van der Waals surface area contributed by atoms with Crippen LogP contribution in [-0.2, 0) is 11.3 Å². The number of hydrogen-bond donors (Lipinski definition) is 1. The van der Waals surface area contributed by atoms with Crippen LogP contribution in [0.1, 0.15) is 27.4 Å². The van der Waals surface area contributed by atoms with Crippen LogP contribution >= 0.6 is 0 Å². The maximum absolute atomic E-state index is 13.9. The third-order valence-electron chi connectivity index (χ3n) is 5.85. The Labute approximate surface area is 186 Å². The summed E-state index contributed by atoms with van der Waals surface area (Å²) in [7, 11) is 1.55. The van der Waals surface area contributed by atoms with Crippen molar-refractivity contribution in [2.24, 2.45) is 5.92 Å². The fourth-order valence-corrected chi connectivity index (χ4v) is 4.17. The molecule has 0 bridgehead atoms. The van der Waals surface area contributed by atoms with Crippen molar-refractivity contribution in [2.45, 2.75) is 12.5 Å². The van der Waals surface area contributed by atoms with Gasteiger partial charge < -0.3 is 15.0 Å². The lowest BCUT2D eigenvalue weighted by Gasteiger charge is -2.18. The van der Waals surface area contributed by atoms with Gasteiger partial charge in [-0.3, -0.25) is 9.59 Å². The number of hydrogen-bond acceptors (Lipinski definition) is 3. The van der Waals surface area contributed by atoms with Crippen molar-refractivity contribution in [3.8, 4) is 5.75 Å². The Bertz CT molecular complexity index is 1100. The van der Waals surface area contributed by atoms with Gasteiger partial charge in [0.15, 0.2) is 0 Å². The second kappa shape index (κ2) is 9.64. The van der Waals surface area contributed by atoms with E-state index < -0.39 is 5.92 Å². The molecule has 0 aromatic heterocycles. The molecule has 1 heterocycles. The van der Waals surface area contributed by atoms with Gasteiger partial charge in [0.2, 0.25) is 5.91 Å². The maximum atomic E-state index is 13.9. The van der Waals surface area contributed by atoms with Crippen molar-refractivity contribution < 1.29 is 18.7 Å². The summed E-state index contributed by atoms with van der Waals surface area (Å²) in [6.07, 6.45) is 0. The SMILES string of the molecule is COc1cccc(C(=O)N2C[C@@H](C(=O)NCc3ccccc3)[C@H](c3cccc(F)c3)C2)c1. The van der Waals surface area contributed by atoms with Crippen molar-refractivity contribution in [2.75, 3.05) is 20.2 Å². The number of nitrogens with one attached hydrogen (secondary N) is 1. The van der Waals surface area contributed by atoms with Crippen LogP contribution in [0.5, 0.6) is 5.75 Å². The smallest absolute Gasteiger partial charge is 0.254 e. The number of carbonyl (C=O) groups excluding carboxylic acids is 2. The average Bonchev–Trinajstić information content (AvgIpc) is 3.28. The minimum atomic E-state index is -0.477. The van der Waals surface area contributed by atoms with E-state index in [1.165, 1.54) is 12.1 Å². The Kier molecular flexibility index (Phi) is 6.50. The van der Waals surface area contributed by atoms with E-state index in [4.69, 9.17) is 4.74 Å². The minimum absolute atomic E-state index is 0.149. The molecule has 3 aromatic carbocycles. The number of rotatable bonds is 6. The van der Waals surface area contributed by atoms with Crippen LogP contribution in [0.25, 0.3) is 0 Å². The van der Waals surface area contributed by atoms with Crippen LogP contribution < -0.4 is 10.1 Å². The summed E-state index contributed by atoms with van der Waals surface area (Å²) in [5, 5.41) is 2.98. The van der Waals surface area contributed by atoms with Gasteiger partial charge in [0.1, 0.15) is 11.6 Å². The summed E-state index contributed by atoms with van der Waals surface area (Å²) in [6.45, 7) is 0.997. The first-order valence-electron chi connectivity index (χ1n) is 10.6. The second-order valence-corrected chi connectivity index (χ2v) is 7.91. The van der Waals surface area contributed by atoms with Crippen LogP contribution in [0, 0.1) is 11.7 Å². The van der Waals surface area contributed by atoms with Gasteiger partial charge in [-0.25, -0.2) is 4.39 Å². The van der Waals surface area contributed by atoms with Crippen LogP contribution in [0.4, 0.5) is 4.39 Å². The van der Waals surface area contributed by atoms with Crippen LogP contribution in [0.15, 0.2) is 78.9 Å². The lowest BCUT2D eigenvalue weighted by molar-refractivity contribution is -0.125. The summed E-state index contributed by atoms with van der Waals surface area (Å²) in [4.78, 5) is 28.0. The molecule has 5 nitrogen and oxygen atoms in total. The van der Waals surface area contributed by atoms with Gasteiger partial charge >= 0.3 is 0 Å². The van der Waals surface area contributed by atoms with E-state index >= 15 is 0 Å². The third kappa shape index (κ3) is 4.80. The van der Waals surface area contributed by atoms with Crippen molar-refractivity contribution in [3.05, 3.63) is 101 Å². The summed E-state index contributed by atoms with van der Waals surface area (Å²) in [5.74, 6) is -0.865. The predicted octanol–water partition coefficient (Wildman–Crippen LogP) is 4.01. The zero-order valence-corrected chi connectivity index (χ0v) is 17.8. The summed E-state index contributed by atoms with van der Waals surface area (Å²) in [6, 6.07) is 22.9. The number of likely N-dealkylation sites (tertiary alicyclic amines) is 1. The molecular weight excluding hydrogens is 407 g/mol. The summed E-state index contributed by atoms with van der Waals surface area (Å²) in [5.41, 5.74) is 2.20. The maximum Gasteiger partial charge on any atom is 0.254 e. The Morgan fingerprint density at radius 1 is 1.00 bits per heavy atom. The molecule has 4 rings (SSSR count). The highest BCUT2D eigenvalue weighted by atomic mass is 19.1. The number of halogens is 1. The van der Waals surface area contributed by atoms with Gasteiger partial charge in [-0.15, -0.1) is 0 Å². The molecule has 6 heteroatoms. The zero-order chi connectivity index (χ0) is 22.5. The first kappa shape index (κ1) is 21.6. The van der Waals surface area contributed by atoms with Gasteiger partial charge in [0.25, 0.3) is 5.91 Å². The fourth-order valence-electron chi connectivity index (χ4n) is 4.17. The monoisotopic (exact) mass is 432 g/mol. The van der Waals surface area contributed by atoms with Crippen molar-refractivity contribution >= 4 is 11.8 Å². The Balaban J connectivity index is 1.56. The van der Waals surface area contributed by atoms with E-state index in [2.05, 4.69) is 5.32 Å². The molecule has 3 aromatic rings. The average molecular weight is 432 g/mol. The highest BCUT2D eigenvalue weighted by molar-refractivity contribution is 5.95. The van der Waals surface area contributed by atoms with Crippen molar-refractivity contribution in [1.29, 1.82) is 0 Å². The molecular formula is C26H25FN2O3. The number of benzene rings is 3. The zero-order valence-electron chi connectivity index (χ0n) is 17.8. The van der Waals surface area contributed by atoms with E-state index in [0.717, 1.165) is 5.56 Å². The van der Waals surface area contributed by atoms with Gasteiger partial charge in [-0.05, 0) is 41.5 Å². The van der Waals surface area contributed by atoms with Gasteiger partial charge in [-0.2, -0.15) is 0 Å². The largest absolute Gasteiger partial charge is 0.497 e. The van der Waals surface area contributed by atoms with E-state index in [1.807, 2.05) is 36.4 Å². The number of methoxy groups -OCH3 is 1. The van der Waals surface area contributed by atoms with Crippen LogP contribution in [0.3, 0.4) is 0 Å². The van der Waals surface area contributed by atoms with E-state index in [9.17, 15) is 14.0 Å². The number of amides is 2. The van der Waals surface area contributed by atoms with E-state index in [0.29, 0.717) is 30.0 Å². The number of carbonyl (C=O) groups is 2. The molecule has 2 amide bonds. The van der Waals surface area contributed by atoms with Gasteiger partial charge in [0, 0.05) is 31.1 Å². The minimum Gasteiger partial charge on any atom is -0.497 e. The molecule has 1 aliphatic rings. The van der Waals surface area contributed by atoms with E-state index in [1.54, 1.807) is 42.3 Å². The quantitative estimate of drug-likeness (QED) is 0.640. The van der Waals surface area contributed by atoms with Crippen LogP contribution in [-0.4, -0.2) is 36.9 Å². The van der Waals surface area contributed by atoms with Gasteiger partial charge in [0.05, 0.1) is 13.0 Å². The number of nitrogens with zero attached hydrogens (tertiary/aromatic N) is 1. The molecule has 0 aliphatic carbocycles. The normalized spacial score (nSPS) is 17.8. The lowest BCUT2D eigenvalue weighted by atomic mass is 9.88. The predicted molar refractivity (Wildman–Crippen MR) is 120 cm³/mol. The number of ether oxygens (including phenoxy) is 1. The molecule has 0 radical (unpaired) electrons. The Hall–Kier alpha value is -3.67. The van der Waals surface area contributed by atoms with E-state index in [-0.39, 0.29) is 30.1 Å². The second-order valence-electron chi connectivity index (χ2n) is 7.91. The molecule has 164 valence electrons.